The van der Waals surface area contributed by atoms with Crippen LogP contribution in [0.25, 0.3) is 0 Å². The van der Waals surface area contributed by atoms with E-state index in [1.54, 1.807) is 0 Å². The molecule has 0 aromatic heterocycles. The van der Waals surface area contributed by atoms with Crippen LogP contribution in [0.2, 0.25) is 0 Å². The van der Waals surface area contributed by atoms with Gasteiger partial charge >= 0.3 is 5.97 Å². The maximum atomic E-state index is 11.6. The van der Waals surface area contributed by atoms with E-state index in [2.05, 4.69) is 39.7 Å². The predicted octanol–water partition coefficient (Wildman–Crippen LogP) is 3.98. The molecule has 0 bridgehead atoms. The third-order valence-corrected chi connectivity index (χ3v) is 7.33. The molecule has 1 heterocycles. The van der Waals surface area contributed by atoms with Crippen molar-refractivity contribution in [1.82, 2.24) is 0 Å². The minimum absolute atomic E-state index is 0.0513. The minimum Gasteiger partial charge on any atom is -0.469 e. The zero-order valence-electron chi connectivity index (χ0n) is 17.0. The first-order valence-corrected chi connectivity index (χ1v) is 12.9. The number of alkyl halides is 1. The molecule has 0 amide bonds. The second kappa shape index (κ2) is 11.1. The number of carbonyl (C=O) groups is 1. The van der Waals surface area contributed by atoms with E-state index in [0.29, 0.717) is 29.5 Å². The minimum atomic E-state index is -3.52. The summed E-state index contributed by atoms with van der Waals surface area (Å²) >= 11 is 3.68. The van der Waals surface area contributed by atoms with E-state index >= 15 is 0 Å². The number of rotatable bonds is 14. The van der Waals surface area contributed by atoms with Crippen molar-refractivity contribution in [3.05, 3.63) is 12.2 Å². The molecule has 28 heavy (non-hydrogen) atoms. The van der Waals surface area contributed by atoms with Crippen molar-refractivity contribution in [2.75, 3.05) is 13.4 Å². The van der Waals surface area contributed by atoms with Gasteiger partial charge < -0.3 is 9.47 Å². The lowest BCUT2D eigenvalue weighted by atomic mass is 10.0. The number of halogens is 1. The summed E-state index contributed by atoms with van der Waals surface area (Å²) < 4.78 is 38.8. The van der Waals surface area contributed by atoms with E-state index in [-0.39, 0.29) is 18.2 Å². The van der Waals surface area contributed by atoms with Crippen LogP contribution in [0.15, 0.2) is 12.2 Å². The number of methoxy groups -OCH3 is 1. The van der Waals surface area contributed by atoms with Crippen LogP contribution < -0.4 is 0 Å². The molecule has 1 aliphatic heterocycles. The smallest absolute Gasteiger partial charge is 0.305 e. The Balaban J connectivity index is 1.69. The molecule has 6 nitrogen and oxygen atoms in total. The normalized spacial score (nSPS) is 30.4. The number of allylic oxidation sites excluding steroid dienone is 1. The van der Waals surface area contributed by atoms with E-state index in [0.717, 1.165) is 44.8 Å². The first kappa shape index (κ1) is 23.8. The average molecular weight is 481 g/mol. The van der Waals surface area contributed by atoms with Gasteiger partial charge in [-0.1, -0.05) is 67.1 Å². The topological polar surface area (TPSA) is 82.2 Å². The first-order chi connectivity index (χ1) is 13.3. The van der Waals surface area contributed by atoms with Gasteiger partial charge in [0, 0.05) is 11.2 Å². The van der Waals surface area contributed by atoms with Crippen LogP contribution in [0.4, 0.5) is 0 Å². The molecule has 2 aliphatic rings. The second-order valence-corrected chi connectivity index (χ2v) is 10.4. The van der Waals surface area contributed by atoms with Gasteiger partial charge in [-0.25, -0.2) is 0 Å². The van der Waals surface area contributed by atoms with Gasteiger partial charge in [0.1, 0.15) is 18.3 Å². The molecule has 0 aromatic carbocycles. The molecule has 8 heteroatoms. The average Bonchev–Trinajstić information content (AvgIpc) is 3.52. The van der Waals surface area contributed by atoms with Crippen molar-refractivity contribution in [3.8, 4) is 0 Å². The molecule has 2 fully saturated rings. The summed E-state index contributed by atoms with van der Waals surface area (Å²) in [6, 6.07) is 0. The summed E-state index contributed by atoms with van der Waals surface area (Å²) in [6.07, 6.45) is 11.6. The van der Waals surface area contributed by atoms with E-state index in [9.17, 15) is 13.2 Å². The van der Waals surface area contributed by atoms with Crippen molar-refractivity contribution < 1.29 is 26.9 Å². The lowest BCUT2D eigenvalue weighted by Crippen LogP contribution is -2.24. The molecule has 1 saturated heterocycles. The summed E-state index contributed by atoms with van der Waals surface area (Å²) in [6.45, 7) is 2.19. The van der Waals surface area contributed by atoms with Crippen LogP contribution >= 0.6 is 15.9 Å². The molecule has 1 aliphatic carbocycles. The third kappa shape index (κ3) is 8.13. The Morgan fingerprint density at radius 3 is 2.46 bits per heavy atom. The molecule has 0 radical (unpaired) electrons. The SMILES string of the molecule is CC[C@H]1[C@@H](Br)[C@H]1C=C[C@@H]1O[C@@H]1[C@H](CCCCCCCC(=O)OC)OS(C)(=O)=O. The van der Waals surface area contributed by atoms with E-state index in [1.165, 1.54) is 7.11 Å². The summed E-state index contributed by atoms with van der Waals surface area (Å²) in [5.74, 6) is 1.07. The number of ether oxygens (including phenoxy) is 2. The lowest BCUT2D eigenvalue weighted by molar-refractivity contribution is -0.140. The van der Waals surface area contributed by atoms with Gasteiger partial charge in [0.2, 0.25) is 0 Å². The van der Waals surface area contributed by atoms with Crippen molar-refractivity contribution >= 4 is 32.0 Å². The molecule has 0 N–H and O–H groups in total. The molecular formula is C20H33BrO6S. The number of epoxide rings is 1. The van der Waals surface area contributed by atoms with Crippen LogP contribution in [0.1, 0.15) is 58.3 Å². The molecule has 2 rings (SSSR count). The van der Waals surface area contributed by atoms with Crippen molar-refractivity contribution in [2.24, 2.45) is 11.8 Å². The quantitative estimate of drug-likeness (QED) is 0.0933. The van der Waals surface area contributed by atoms with Crippen molar-refractivity contribution in [3.63, 3.8) is 0 Å². The number of hydrogen-bond donors (Lipinski definition) is 0. The molecular weight excluding hydrogens is 448 g/mol. The molecule has 162 valence electrons. The monoisotopic (exact) mass is 480 g/mol. The number of esters is 1. The van der Waals surface area contributed by atoms with Gasteiger partial charge in [-0.2, -0.15) is 8.42 Å². The standard InChI is InChI=1S/C20H33BrO6S/c1-4-14-15(19(14)21)12-13-16-20(26-16)17(27-28(3,23)24)10-8-6-5-7-9-11-18(22)25-2/h12-17,19-20H,4-11H2,1-3H3/t14-,15+,16+,17+,19-,20+/m1/s1. The highest BCUT2D eigenvalue weighted by atomic mass is 79.9. The highest BCUT2D eigenvalue weighted by molar-refractivity contribution is 9.09. The van der Waals surface area contributed by atoms with E-state index in [4.69, 9.17) is 8.92 Å². The Hall–Kier alpha value is -0.440. The highest BCUT2D eigenvalue weighted by Crippen LogP contribution is 2.49. The maximum Gasteiger partial charge on any atom is 0.305 e. The van der Waals surface area contributed by atoms with Gasteiger partial charge in [0.05, 0.1) is 13.4 Å². The summed E-state index contributed by atoms with van der Waals surface area (Å²) in [5.41, 5.74) is 0. The number of carbonyl (C=O) groups excluding carboxylic acids is 1. The van der Waals surface area contributed by atoms with Gasteiger partial charge in [-0.3, -0.25) is 8.98 Å². The van der Waals surface area contributed by atoms with Crippen LogP contribution in [0, 0.1) is 11.8 Å². The van der Waals surface area contributed by atoms with Crippen molar-refractivity contribution in [1.29, 1.82) is 0 Å². The van der Waals surface area contributed by atoms with Crippen LogP contribution in [0.5, 0.6) is 0 Å². The molecule has 0 unspecified atom stereocenters. The maximum absolute atomic E-state index is 11.6. The fourth-order valence-corrected chi connectivity index (χ4v) is 5.44. The summed E-state index contributed by atoms with van der Waals surface area (Å²) in [4.78, 5) is 11.6. The van der Waals surface area contributed by atoms with E-state index < -0.39 is 16.2 Å². The number of unbranched alkanes of at least 4 members (excludes halogenated alkanes) is 4. The first-order valence-electron chi connectivity index (χ1n) is 10.2. The lowest BCUT2D eigenvalue weighted by Gasteiger charge is -2.14. The highest BCUT2D eigenvalue weighted by Gasteiger charge is 2.48. The fourth-order valence-electron chi connectivity index (χ4n) is 3.67. The largest absolute Gasteiger partial charge is 0.469 e. The van der Waals surface area contributed by atoms with E-state index in [1.807, 2.05) is 0 Å². The second-order valence-electron chi connectivity index (χ2n) is 7.77. The van der Waals surface area contributed by atoms with Crippen LogP contribution in [-0.2, 0) is 28.6 Å². The Bertz CT molecular complexity index is 635. The van der Waals surface area contributed by atoms with Crippen LogP contribution in [0.3, 0.4) is 0 Å². The molecule has 0 aromatic rings. The van der Waals surface area contributed by atoms with Gasteiger partial charge in [-0.05, 0) is 24.7 Å². The Kier molecular flexibility index (Phi) is 9.44. The van der Waals surface area contributed by atoms with Gasteiger partial charge in [-0.15, -0.1) is 0 Å². The molecule has 6 atom stereocenters. The van der Waals surface area contributed by atoms with Crippen molar-refractivity contribution in [2.45, 2.75) is 81.4 Å². The van der Waals surface area contributed by atoms with Crippen LogP contribution in [-0.4, -0.2) is 50.9 Å². The molecule has 0 spiro atoms. The fraction of sp³-hybridized carbons (Fsp3) is 0.850. The Morgan fingerprint density at radius 2 is 1.86 bits per heavy atom. The number of hydrogen-bond acceptors (Lipinski definition) is 6. The third-order valence-electron chi connectivity index (χ3n) is 5.45. The van der Waals surface area contributed by atoms with Gasteiger partial charge in [0.25, 0.3) is 10.1 Å². The zero-order valence-corrected chi connectivity index (χ0v) is 19.4. The zero-order chi connectivity index (χ0) is 20.7. The summed E-state index contributed by atoms with van der Waals surface area (Å²) in [7, 11) is -2.12. The Labute approximate surface area is 177 Å². The summed E-state index contributed by atoms with van der Waals surface area (Å²) in [5, 5.41) is 0. The van der Waals surface area contributed by atoms with Gasteiger partial charge in [0.15, 0.2) is 0 Å². The predicted molar refractivity (Wildman–Crippen MR) is 112 cm³/mol. The molecule has 1 saturated carbocycles. The Morgan fingerprint density at radius 1 is 1.18 bits per heavy atom.